The Balaban J connectivity index is 1.89. The van der Waals surface area contributed by atoms with Crippen LogP contribution in [0.2, 0.25) is 0 Å². The number of benzene rings is 1. The predicted molar refractivity (Wildman–Crippen MR) is 89.2 cm³/mol. The fourth-order valence-corrected chi connectivity index (χ4v) is 5.47. The molecule has 4 aliphatic rings. The summed E-state index contributed by atoms with van der Waals surface area (Å²) in [5, 5.41) is 21.8. The van der Waals surface area contributed by atoms with Gasteiger partial charge >= 0.3 is 0 Å². The van der Waals surface area contributed by atoms with E-state index in [-0.39, 0.29) is 16.7 Å². The van der Waals surface area contributed by atoms with Gasteiger partial charge in [-0.1, -0.05) is 45.9 Å². The van der Waals surface area contributed by atoms with Crippen LogP contribution >= 0.6 is 0 Å². The summed E-state index contributed by atoms with van der Waals surface area (Å²) in [5.41, 5.74) is 3.21. The van der Waals surface area contributed by atoms with Crippen LogP contribution in [0, 0.1) is 11.3 Å². The minimum absolute atomic E-state index is 0.0575. The highest BCUT2D eigenvalue weighted by Crippen LogP contribution is 2.66. The summed E-state index contributed by atoms with van der Waals surface area (Å²) >= 11 is 0. The van der Waals surface area contributed by atoms with E-state index in [0.717, 1.165) is 12.0 Å². The van der Waals surface area contributed by atoms with Crippen LogP contribution in [-0.2, 0) is 10.2 Å². The molecule has 1 aromatic carbocycles. The quantitative estimate of drug-likeness (QED) is 0.831. The molecule has 0 aromatic heterocycles. The predicted octanol–water partition coefficient (Wildman–Crippen LogP) is 3.64. The molecule has 0 radical (unpaired) electrons. The molecule has 2 heterocycles. The first kappa shape index (κ1) is 15.6. The van der Waals surface area contributed by atoms with Gasteiger partial charge < -0.3 is 14.9 Å². The lowest BCUT2D eigenvalue weighted by Gasteiger charge is -2.66. The normalized spacial score (nSPS) is 40.8. The number of hydrogen-bond donors (Lipinski definition) is 2. The van der Waals surface area contributed by atoms with E-state index in [0.29, 0.717) is 25.4 Å². The van der Waals surface area contributed by atoms with Crippen molar-refractivity contribution in [2.24, 2.45) is 11.3 Å². The molecule has 1 saturated carbocycles. The molecule has 23 heavy (non-hydrogen) atoms. The van der Waals surface area contributed by atoms with E-state index in [2.05, 4.69) is 45.9 Å². The number of ether oxygens (including phenoxy) is 1. The molecule has 0 amide bonds. The molecule has 1 aromatic rings. The Hall–Kier alpha value is -0.900. The number of aliphatic hydroxyl groups is 2. The van der Waals surface area contributed by atoms with E-state index >= 15 is 0 Å². The number of aliphatic hydroxyl groups excluding tert-OH is 1. The zero-order valence-electron chi connectivity index (χ0n) is 14.6. The summed E-state index contributed by atoms with van der Waals surface area (Å²) in [6.07, 6.45) is 1.89. The molecule has 0 unspecified atom stereocenters. The Bertz CT molecular complexity index is 638. The highest BCUT2D eigenvalue weighted by Gasteiger charge is 2.67. The van der Waals surface area contributed by atoms with Crippen molar-refractivity contribution in [2.45, 2.75) is 70.2 Å². The SMILES string of the molecule is CC(C)c1ccc2c(c1)[C@@H](O)C[C@@H]1C(C)(C)[C@@]3(O)CC[C@@]21CO3. The van der Waals surface area contributed by atoms with Gasteiger partial charge in [-0.25, -0.2) is 0 Å². The van der Waals surface area contributed by atoms with E-state index in [1.807, 2.05) is 0 Å². The van der Waals surface area contributed by atoms with Crippen molar-refractivity contribution >= 4 is 0 Å². The van der Waals surface area contributed by atoms with E-state index in [9.17, 15) is 10.2 Å². The zero-order chi connectivity index (χ0) is 16.6. The molecule has 1 spiro atoms. The van der Waals surface area contributed by atoms with Gasteiger partial charge in [0.15, 0.2) is 5.79 Å². The Kier molecular flexibility index (Phi) is 3.12. The first-order valence-corrected chi connectivity index (χ1v) is 8.90. The molecule has 126 valence electrons. The molecule has 2 aliphatic heterocycles. The van der Waals surface area contributed by atoms with E-state index in [1.165, 1.54) is 11.1 Å². The highest BCUT2D eigenvalue weighted by molar-refractivity contribution is 5.45. The maximum atomic E-state index is 10.9. The number of fused-ring (bicyclic) bond motifs is 3. The smallest absolute Gasteiger partial charge is 0.170 e. The van der Waals surface area contributed by atoms with Crippen LogP contribution in [0.15, 0.2) is 18.2 Å². The molecule has 5 rings (SSSR count). The Labute approximate surface area is 138 Å². The monoisotopic (exact) mass is 316 g/mol. The second-order valence-corrected chi connectivity index (χ2v) is 8.76. The molecule has 2 bridgehead atoms. The molecule has 3 heteroatoms. The highest BCUT2D eigenvalue weighted by atomic mass is 16.6. The summed E-state index contributed by atoms with van der Waals surface area (Å²) < 4.78 is 5.98. The van der Waals surface area contributed by atoms with Gasteiger partial charge in [0.2, 0.25) is 0 Å². The molecule has 2 aliphatic carbocycles. The Morgan fingerprint density at radius 3 is 2.57 bits per heavy atom. The third kappa shape index (κ3) is 1.82. The number of hydrogen-bond acceptors (Lipinski definition) is 3. The van der Waals surface area contributed by atoms with Crippen molar-refractivity contribution in [3.63, 3.8) is 0 Å². The van der Waals surface area contributed by atoms with Crippen LogP contribution < -0.4 is 0 Å². The van der Waals surface area contributed by atoms with Crippen molar-refractivity contribution in [1.29, 1.82) is 0 Å². The summed E-state index contributed by atoms with van der Waals surface area (Å²) in [7, 11) is 0. The standard InChI is InChI=1S/C20H28O3/c1-12(2)13-5-6-15-14(9-13)16(21)10-17-18(3,4)20(22)8-7-19(15,17)11-23-20/h5-6,9,12,16-17,21-22H,7-8,10-11H2,1-4H3/t16-,17+,19+,20+/m0/s1. The maximum absolute atomic E-state index is 10.9. The Morgan fingerprint density at radius 1 is 1.22 bits per heavy atom. The third-order valence-corrected chi connectivity index (χ3v) is 7.12. The average Bonchev–Trinajstić information content (AvgIpc) is 2.51. The summed E-state index contributed by atoms with van der Waals surface area (Å²) in [4.78, 5) is 0. The lowest BCUT2D eigenvalue weighted by atomic mass is 9.46. The molecule has 2 saturated heterocycles. The Morgan fingerprint density at radius 2 is 1.96 bits per heavy atom. The number of rotatable bonds is 1. The second kappa shape index (κ2) is 4.59. The van der Waals surface area contributed by atoms with Gasteiger partial charge in [0.05, 0.1) is 12.7 Å². The van der Waals surface area contributed by atoms with Crippen molar-refractivity contribution < 1.29 is 14.9 Å². The molecular weight excluding hydrogens is 288 g/mol. The average molecular weight is 316 g/mol. The van der Waals surface area contributed by atoms with Gasteiger partial charge in [-0.3, -0.25) is 0 Å². The molecule has 2 N–H and O–H groups in total. The first-order valence-electron chi connectivity index (χ1n) is 8.90. The van der Waals surface area contributed by atoms with Crippen molar-refractivity contribution in [2.75, 3.05) is 6.61 Å². The molecule has 4 atom stereocenters. The van der Waals surface area contributed by atoms with Crippen LogP contribution in [-0.4, -0.2) is 22.6 Å². The summed E-state index contributed by atoms with van der Waals surface area (Å²) in [6.45, 7) is 9.14. The topological polar surface area (TPSA) is 49.7 Å². The van der Waals surface area contributed by atoms with Crippen LogP contribution in [0.5, 0.6) is 0 Å². The van der Waals surface area contributed by atoms with Crippen LogP contribution in [0.3, 0.4) is 0 Å². The van der Waals surface area contributed by atoms with Gasteiger partial charge in [0, 0.05) is 17.3 Å². The molecule has 3 fully saturated rings. The maximum Gasteiger partial charge on any atom is 0.170 e. The minimum atomic E-state index is -1.05. The van der Waals surface area contributed by atoms with Gasteiger partial charge in [-0.2, -0.15) is 0 Å². The van der Waals surface area contributed by atoms with E-state index < -0.39 is 11.9 Å². The summed E-state index contributed by atoms with van der Waals surface area (Å²) in [6, 6.07) is 6.61. The molecule has 3 nitrogen and oxygen atoms in total. The van der Waals surface area contributed by atoms with Gasteiger partial charge in [-0.15, -0.1) is 0 Å². The van der Waals surface area contributed by atoms with E-state index in [4.69, 9.17) is 4.74 Å². The van der Waals surface area contributed by atoms with Crippen molar-refractivity contribution in [3.05, 3.63) is 34.9 Å². The first-order chi connectivity index (χ1) is 10.7. The van der Waals surface area contributed by atoms with Gasteiger partial charge in [0.25, 0.3) is 0 Å². The fraction of sp³-hybridized carbons (Fsp3) is 0.700. The lowest BCUT2D eigenvalue weighted by Crippen LogP contribution is -2.69. The lowest BCUT2D eigenvalue weighted by molar-refractivity contribution is -0.359. The minimum Gasteiger partial charge on any atom is -0.388 e. The fourth-order valence-electron chi connectivity index (χ4n) is 5.47. The van der Waals surface area contributed by atoms with Gasteiger partial charge in [0.1, 0.15) is 0 Å². The third-order valence-electron chi connectivity index (χ3n) is 7.12. The van der Waals surface area contributed by atoms with Gasteiger partial charge in [-0.05, 0) is 41.4 Å². The van der Waals surface area contributed by atoms with Crippen LogP contribution in [0.4, 0.5) is 0 Å². The van der Waals surface area contributed by atoms with Crippen molar-refractivity contribution in [1.82, 2.24) is 0 Å². The van der Waals surface area contributed by atoms with Crippen molar-refractivity contribution in [3.8, 4) is 0 Å². The zero-order valence-corrected chi connectivity index (χ0v) is 14.6. The molecular formula is C20H28O3. The largest absolute Gasteiger partial charge is 0.388 e. The second-order valence-electron chi connectivity index (χ2n) is 8.76. The van der Waals surface area contributed by atoms with Crippen LogP contribution in [0.1, 0.15) is 75.7 Å². The van der Waals surface area contributed by atoms with Crippen LogP contribution in [0.25, 0.3) is 0 Å². The summed E-state index contributed by atoms with van der Waals surface area (Å²) in [5.74, 6) is -0.345. The van der Waals surface area contributed by atoms with E-state index in [1.54, 1.807) is 0 Å².